The number of halogens is 1. The van der Waals surface area contributed by atoms with Crippen LogP contribution in [-0.4, -0.2) is 5.97 Å². The minimum atomic E-state index is -0.297. The molecule has 0 heterocycles. The summed E-state index contributed by atoms with van der Waals surface area (Å²) < 4.78 is 6.06. The van der Waals surface area contributed by atoms with Gasteiger partial charge in [0.2, 0.25) is 0 Å². The van der Waals surface area contributed by atoms with Crippen LogP contribution in [0.1, 0.15) is 25.3 Å². The number of carbonyl (C=O) groups is 1. The molecule has 0 saturated heterocycles. The Morgan fingerprint density at radius 1 is 1.50 bits per heavy atom. The Labute approximate surface area is 97.8 Å². The third kappa shape index (κ3) is 3.29. The van der Waals surface area contributed by atoms with Crippen molar-refractivity contribution in [3.63, 3.8) is 0 Å². The number of ether oxygens (including phenoxy) is 1. The van der Waals surface area contributed by atoms with E-state index in [0.29, 0.717) is 5.75 Å². The second-order valence-corrected chi connectivity index (χ2v) is 4.46. The number of hydrogen-bond acceptors (Lipinski definition) is 2. The fourth-order valence-corrected chi connectivity index (χ4v) is 1.76. The van der Waals surface area contributed by atoms with E-state index in [2.05, 4.69) is 29.5 Å². The van der Waals surface area contributed by atoms with E-state index in [-0.39, 0.29) is 11.9 Å². The van der Waals surface area contributed by atoms with Gasteiger partial charge in [0.25, 0.3) is 0 Å². The molecule has 0 aromatic heterocycles. The number of benzene rings is 1. The minimum Gasteiger partial charge on any atom is -0.427 e. The molecule has 1 radical (unpaired) electrons. The van der Waals surface area contributed by atoms with Crippen molar-refractivity contribution in [2.45, 2.75) is 19.8 Å². The fourth-order valence-electron chi connectivity index (χ4n) is 1.09. The van der Waals surface area contributed by atoms with Crippen LogP contribution in [0.3, 0.4) is 0 Å². The lowest BCUT2D eigenvalue weighted by Crippen LogP contribution is -2.02. The molecular formula is C11H12IO2. The lowest BCUT2D eigenvalue weighted by Gasteiger charge is -2.08. The Morgan fingerprint density at radius 3 is 2.64 bits per heavy atom. The molecule has 0 fully saturated rings. The summed E-state index contributed by atoms with van der Waals surface area (Å²) in [7, 11) is 0. The van der Waals surface area contributed by atoms with Crippen LogP contribution in [0.25, 0.3) is 0 Å². The zero-order valence-corrected chi connectivity index (χ0v) is 10.4. The van der Waals surface area contributed by atoms with E-state index in [1.807, 2.05) is 25.1 Å². The number of rotatable bonds is 2. The maximum Gasteiger partial charge on any atom is 0.308 e. The van der Waals surface area contributed by atoms with Crippen molar-refractivity contribution in [3.8, 4) is 5.75 Å². The smallest absolute Gasteiger partial charge is 0.308 e. The topological polar surface area (TPSA) is 26.3 Å². The van der Waals surface area contributed by atoms with E-state index in [4.69, 9.17) is 4.74 Å². The van der Waals surface area contributed by atoms with Gasteiger partial charge < -0.3 is 4.74 Å². The first kappa shape index (κ1) is 11.5. The molecule has 1 atom stereocenters. The van der Waals surface area contributed by atoms with Crippen LogP contribution in [0.15, 0.2) is 18.2 Å². The summed E-state index contributed by atoms with van der Waals surface area (Å²) in [4.78, 5) is 10.8. The molecule has 0 spiro atoms. The summed E-state index contributed by atoms with van der Waals surface area (Å²) in [6, 6.07) is 5.71. The fraction of sp³-hybridized carbons (Fsp3) is 0.273. The standard InChI is InChI=1S/C11H12IO2/c1-7(2)9-4-10(12)6-11(5-9)14-8(3)13/h4-7H,1H2,2-3H3. The molecule has 1 unspecified atom stereocenters. The van der Waals surface area contributed by atoms with Gasteiger partial charge in [-0.15, -0.1) is 0 Å². The van der Waals surface area contributed by atoms with Crippen LogP contribution in [-0.2, 0) is 4.79 Å². The molecular weight excluding hydrogens is 291 g/mol. The Hall–Kier alpha value is -0.580. The highest BCUT2D eigenvalue weighted by molar-refractivity contribution is 14.1. The minimum absolute atomic E-state index is 0.194. The van der Waals surface area contributed by atoms with Crippen LogP contribution in [0, 0.1) is 10.5 Å². The molecule has 1 aromatic rings. The van der Waals surface area contributed by atoms with E-state index < -0.39 is 0 Å². The average Bonchev–Trinajstić information content (AvgIpc) is 2.01. The predicted octanol–water partition coefficient (Wildman–Crippen LogP) is 3.15. The van der Waals surface area contributed by atoms with Crippen molar-refractivity contribution in [3.05, 3.63) is 34.3 Å². The Balaban J connectivity index is 3.01. The monoisotopic (exact) mass is 303 g/mol. The summed E-state index contributed by atoms with van der Waals surface area (Å²) in [5.74, 6) is 0.489. The van der Waals surface area contributed by atoms with Crippen LogP contribution in [0.5, 0.6) is 5.75 Å². The van der Waals surface area contributed by atoms with E-state index >= 15 is 0 Å². The maximum atomic E-state index is 10.8. The number of carbonyl (C=O) groups excluding carboxylic acids is 1. The Morgan fingerprint density at radius 2 is 2.14 bits per heavy atom. The first-order chi connectivity index (χ1) is 6.49. The predicted molar refractivity (Wildman–Crippen MR) is 64.2 cm³/mol. The van der Waals surface area contributed by atoms with Gasteiger partial charge in [0.1, 0.15) is 5.75 Å². The third-order valence-electron chi connectivity index (χ3n) is 1.72. The number of esters is 1. The van der Waals surface area contributed by atoms with Gasteiger partial charge in [-0.3, -0.25) is 4.79 Å². The Kier molecular flexibility index (Phi) is 3.92. The highest BCUT2D eigenvalue weighted by atomic mass is 127. The summed E-state index contributed by atoms with van der Waals surface area (Å²) >= 11 is 2.19. The van der Waals surface area contributed by atoms with Crippen LogP contribution in [0.2, 0.25) is 0 Å². The molecule has 1 rings (SSSR count). The van der Waals surface area contributed by atoms with Crippen LogP contribution in [0.4, 0.5) is 0 Å². The molecule has 0 aliphatic rings. The lowest BCUT2D eigenvalue weighted by molar-refractivity contribution is -0.131. The maximum absolute atomic E-state index is 10.8. The second kappa shape index (κ2) is 4.77. The van der Waals surface area contributed by atoms with Gasteiger partial charge in [0, 0.05) is 10.5 Å². The zero-order chi connectivity index (χ0) is 10.7. The zero-order valence-electron chi connectivity index (χ0n) is 8.21. The van der Waals surface area contributed by atoms with Gasteiger partial charge in [0.15, 0.2) is 0 Å². The molecule has 75 valence electrons. The molecule has 0 saturated carbocycles. The van der Waals surface area contributed by atoms with E-state index in [1.165, 1.54) is 6.92 Å². The summed E-state index contributed by atoms with van der Waals surface area (Å²) in [6.45, 7) is 7.33. The van der Waals surface area contributed by atoms with Crippen molar-refractivity contribution in [2.24, 2.45) is 0 Å². The van der Waals surface area contributed by atoms with Crippen molar-refractivity contribution in [1.29, 1.82) is 0 Å². The normalized spacial score (nSPS) is 10.4. The highest BCUT2D eigenvalue weighted by Gasteiger charge is 2.05. The van der Waals surface area contributed by atoms with Crippen molar-refractivity contribution >= 4 is 28.6 Å². The highest BCUT2D eigenvalue weighted by Crippen LogP contribution is 2.23. The van der Waals surface area contributed by atoms with Gasteiger partial charge in [-0.25, -0.2) is 0 Å². The lowest BCUT2D eigenvalue weighted by atomic mass is 10.0. The summed E-state index contributed by atoms with van der Waals surface area (Å²) in [5, 5.41) is 0. The quantitative estimate of drug-likeness (QED) is 0.476. The van der Waals surface area contributed by atoms with E-state index in [1.54, 1.807) is 0 Å². The average molecular weight is 303 g/mol. The van der Waals surface area contributed by atoms with Gasteiger partial charge in [-0.2, -0.15) is 0 Å². The van der Waals surface area contributed by atoms with Crippen molar-refractivity contribution < 1.29 is 9.53 Å². The first-order valence-electron chi connectivity index (χ1n) is 4.31. The SMILES string of the molecule is [CH2]C(C)c1cc(I)cc(OC(C)=O)c1. The van der Waals surface area contributed by atoms with E-state index in [9.17, 15) is 4.79 Å². The molecule has 3 heteroatoms. The van der Waals surface area contributed by atoms with Crippen LogP contribution >= 0.6 is 22.6 Å². The molecule has 0 aliphatic carbocycles. The van der Waals surface area contributed by atoms with Crippen LogP contribution < -0.4 is 4.74 Å². The molecule has 0 aliphatic heterocycles. The second-order valence-electron chi connectivity index (χ2n) is 3.21. The summed E-state index contributed by atoms with van der Waals surface area (Å²) in [6.07, 6.45) is 0. The van der Waals surface area contributed by atoms with Gasteiger partial charge in [-0.05, 0) is 59.2 Å². The molecule has 0 amide bonds. The Bertz CT molecular complexity index is 345. The first-order valence-corrected chi connectivity index (χ1v) is 5.39. The number of hydrogen-bond donors (Lipinski definition) is 0. The molecule has 14 heavy (non-hydrogen) atoms. The van der Waals surface area contributed by atoms with Gasteiger partial charge in [0.05, 0.1) is 0 Å². The third-order valence-corrected chi connectivity index (χ3v) is 2.35. The van der Waals surface area contributed by atoms with Gasteiger partial charge in [-0.1, -0.05) is 6.92 Å². The molecule has 2 nitrogen and oxygen atoms in total. The van der Waals surface area contributed by atoms with Crippen molar-refractivity contribution in [1.82, 2.24) is 0 Å². The van der Waals surface area contributed by atoms with E-state index in [0.717, 1.165) is 9.13 Å². The molecule has 0 bridgehead atoms. The molecule has 1 aromatic carbocycles. The van der Waals surface area contributed by atoms with Crippen molar-refractivity contribution in [2.75, 3.05) is 0 Å². The van der Waals surface area contributed by atoms with Gasteiger partial charge >= 0.3 is 5.97 Å². The summed E-state index contributed by atoms with van der Waals surface area (Å²) in [5.41, 5.74) is 1.08. The largest absolute Gasteiger partial charge is 0.427 e. The molecule has 0 N–H and O–H groups in total.